The number of ether oxygens (including phenoxy) is 1. The number of nitrogens with zero attached hydrogens (tertiary/aromatic N) is 2. The van der Waals surface area contributed by atoms with Crippen molar-refractivity contribution in [3.05, 3.63) is 68.2 Å². The van der Waals surface area contributed by atoms with Gasteiger partial charge in [0.2, 0.25) is 6.36 Å². The van der Waals surface area contributed by atoms with Gasteiger partial charge in [-0.15, -0.1) is 0 Å². The van der Waals surface area contributed by atoms with Gasteiger partial charge in [-0.2, -0.15) is 0 Å². The molecule has 2 heterocycles. The van der Waals surface area contributed by atoms with Crippen molar-refractivity contribution in [3.63, 3.8) is 0 Å². The van der Waals surface area contributed by atoms with Crippen molar-refractivity contribution in [2.75, 3.05) is 24.5 Å². The Kier molecular flexibility index (Phi) is 11.1. The number of amides is 1. The SMILES string of the molecule is CCCC(F)OC(=O)CCC(CNC(=O)c1c(C)c(N2CCCC(F)(F)C2)nc2ccc(Br)cc12)c1c(F)ccc(F)c1Cl. The summed E-state index contributed by atoms with van der Waals surface area (Å²) < 4.78 is 77.3. The van der Waals surface area contributed by atoms with Gasteiger partial charge in [-0.25, -0.2) is 26.9 Å². The van der Waals surface area contributed by atoms with Crippen molar-refractivity contribution in [3.8, 4) is 0 Å². The van der Waals surface area contributed by atoms with Crippen molar-refractivity contribution in [1.82, 2.24) is 10.3 Å². The average molecular weight is 705 g/mol. The average Bonchev–Trinajstić information content (AvgIpc) is 2.95. The van der Waals surface area contributed by atoms with E-state index in [0.717, 1.165) is 12.1 Å². The number of carbonyl (C=O) groups excluding carboxylic acids is 2. The van der Waals surface area contributed by atoms with Crippen LogP contribution in [0.4, 0.5) is 27.8 Å². The molecule has 44 heavy (non-hydrogen) atoms. The quantitative estimate of drug-likeness (QED) is 0.123. The Morgan fingerprint density at radius 1 is 1.18 bits per heavy atom. The van der Waals surface area contributed by atoms with Gasteiger partial charge in [0.1, 0.15) is 17.5 Å². The van der Waals surface area contributed by atoms with E-state index < -0.39 is 53.3 Å². The second kappa shape index (κ2) is 14.4. The van der Waals surface area contributed by atoms with Gasteiger partial charge >= 0.3 is 5.97 Å². The van der Waals surface area contributed by atoms with Crippen LogP contribution in [0.3, 0.4) is 0 Å². The molecule has 3 aromatic rings. The van der Waals surface area contributed by atoms with Gasteiger partial charge in [0.15, 0.2) is 0 Å². The van der Waals surface area contributed by atoms with E-state index in [9.17, 15) is 31.5 Å². The summed E-state index contributed by atoms with van der Waals surface area (Å²) in [5.41, 5.74) is 0.689. The summed E-state index contributed by atoms with van der Waals surface area (Å²) in [5.74, 6) is -6.90. The molecule has 6 nitrogen and oxygen atoms in total. The van der Waals surface area contributed by atoms with E-state index in [0.29, 0.717) is 33.9 Å². The number of rotatable bonds is 11. The van der Waals surface area contributed by atoms with E-state index in [1.807, 2.05) is 0 Å². The standard InChI is InChI=1S/C31H32BrClF5N3O3/c1-3-5-24(36)44-25(42)11-6-18(27-21(34)8-9-22(35)28(27)33)15-39-30(43)26-17(2)29(41-13-4-12-31(37,38)16-41)40-23-10-7-19(32)14-20(23)26/h7-10,14,18,24H,3-6,11-13,15-16H2,1-2H3,(H,39,43). The van der Waals surface area contributed by atoms with Crippen molar-refractivity contribution in [1.29, 1.82) is 0 Å². The molecule has 0 radical (unpaired) electrons. The number of halogens is 7. The maximum Gasteiger partial charge on any atom is 0.308 e. The van der Waals surface area contributed by atoms with Gasteiger partial charge in [0.25, 0.3) is 11.8 Å². The number of pyridine rings is 1. The lowest BCUT2D eigenvalue weighted by atomic mass is 9.92. The number of nitrogens with one attached hydrogen (secondary N) is 1. The number of alkyl halides is 3. The Morgan fingerprint density at radius 2 is 1.91 bits per heavy atom. The van der Waals surface area contributed by atoms with Crippen molar-refractivity contribution < 1.29 is 36.3 Å². The van der Waals surface area contributed by atoms with E-state index in [1.54, 1.807) is 32.0 Å². The Balaban J connectivity index is 1.66. The molecule has 0 bridgehead atoms. The van der Waals surface area contributed by atoms with Crippen molar-refractivity contribution >= 4 is 56.1 Å². The van der Waals surface area contributed by atoms with Crippen LogP contribution in [0.5, 0.6) is 0 Å². The number of anilines is 1. The second-order valence-corrected chi connectivity index (χ2v) is 12.2. The van der Waals surface area contributed by atoms with Crippen LogP contribution in [-0.4, -0.2) is 48.8 Å². The minimum Gasteiger partial charge on any atom is -0.431 e. The summed E-state index contributed by atoms with van der Waals surface area (Å²) in [6, 6.07) is 6.81. The second-order valence-electron chi connectivity index (χ2n) is 10.9. The van der Waals surface area contributed by atoms with Gasteiger partial charge in [-0.3, -0.25) is 9.59 Å². The minimum atomic E-state index is -2.91. The van der Waals surface area contributed by atoms with Crippen LogP contribution in [-0.2, 0) is 9.53 Å². The van der Waals surface area contributed by atoms with Crippen LogP contribution in [0.1, 0.15) is 72.9 Å². The Morgan fingerprint density at radius 3 is 2.61 bits per heavy atom. The van der Waals surface area contributed by atoms with E-state index in [-0.39, 0.29) is 55.6 Å². The molecular weight excluding hydrogens is 673 g/mol. The first-order valence-corrected chi connectivity index (χ1v) is 15.5. The number of hydrogen-bond acceptors (Lipinski definition) is 5. The van der Waals surface area contributed by atoms with E-state index in [4.69, 9.17) is 16.3 Å². The molecule has 1 saturated heterocycles. The molecule has 2 atom stereocenters. The summed E-state index contributed by atoms with van der Waals surface area (Å²) in [6.45, 7) is 2.85. The van der Waals surface area contributed by atoms with Crippen LogP contribution >= 0.6 is 27.5 Å². The monoisotopic (exact) mass is 703 g/mol. The molecule has 0 aliphatic carbocycles. The van der Waals surface area contributed by atoms with Crippen molar-refractivity contribution in [2.45, 2.75) is 70.6 Å². The van der Waals surface area contributed by atoms with Crippen LogP contribution in [0.15, 0.2) is 34.8 Å². The molecule has 13 heteroatoms. The number of carbonyl (C=O) groups is 2. The zero-order valence-corrected chi connectivity index (χ0v) is 26.5. The van der Waals surface area contributed by atoms with Crippen LogP contribution in [0.2, 0.25) is 5.02 Å². The fraction of sp³-hybridized carbons (Fsp3) is 0.452. The lowest BCUT2D eigenvalue weighted by Gasteiger charge is -2.34. The third kappa shape index (κ3) is 7.99. The highest BCUT2D eigenvalue weighted by Gasteiger charge is 2.37. The van der Waals surface area contributed by atoms with Gasteiger partial charge in [-0.05, 0) is 56.5 Å². The summed E-state index contributed by atoms with van der Waals surface area (Å²) in [4.78, 5) is 32.2. The Labute approximate surface area is 265 Å². The number of aromatic nitrogens is 1. The van der Waals surface area contributed by atoms with E-state index in [2.05, 4.69) is 26.2 Å². The Bertz CT molecular complexity index is 1540. The molecule has 2 unspecified atom stereocenters. The maximum atomic E-state index is 15.0. The molecule has 1 aliphatic rings. The van der Waals surface area contributed by atoms with Gasteiger partial charge in [-0.1, -0.05) is 34.5 Å². The number of benzene rings is 2. The molecule has 4 rings (SSSR count). The number of esters is 1. The normalized spacial score (nSPS) is 16.1. The largest absolute Gasteiger partial charge is 0.431 e. The smallest absolute Gasteiger partial charge is 0.308 e. The fourth-order valence-electron chi connectivity index (χ4n) is 5.41. The van der Waals surface area contributed by atoms with Crippen molar-refractivity contribution in [2.24, 2.45) is 0 Å². The number of hydrogen-bond donors (Lipinski definition) is 1. The summed E-state index contributed by atoms with van der Waals surface area (Å²) in [7, 11) is 0. The lowest BCUT2D eigenvalue weighted by Crippen LogP contribution is -2.43. The predicted molar refractivity (Wildman–Crippen MR) is 162 cm³/mol. The predicted octanol–water partition coefficient (Wildman–Crippen LogP) is 8.41. The highest BCUT2D eigenvalue weighted by Crippen LogP contribution is 2.36. The molecule has 0 saturated carbocycles. The first-order chi connectivity index (χ1) is 20.8. The summed E-state index contributed by atoms with van der Waals surface area (Å²) in [6.07, 6.45) is -1.81. The van der Waals surface area contributed by atoms with Crippen LogP contribution in [0, 0.1) is 18.6 Å². The topological polar surface area (TPSA) is 71.5 Å². The van der Waals surface area contributed by atoms with Gasteiger partial charge in [0.05, 0.1) is 22.6 Å². The van der Waals surface area contributed by atoms with E-state index >= 15 is 0 Å². The van der Waals surface area contributed by atoms with Crippen LogP contribution < -0.4 is 10.2 Å². The molecule has 2 aromatic carbocycles. The van der Waals surface area contributed by atoms with E-state index in [1.165, 1.54) is 4.90 Å². The number of fused-ring (bicyclic) bond motifs is 1. The molecule has 1 N–H and O–H groups in total. The zero-order valence-electron chi connectivity index (χ0n) is 24.2. The molecule has 1 amide bonds. The molecule has 238 valence electrons. The summed E-state index contributed by atoms with van der Waals surface area (Å²) >= 11 is 9.53. The molecular formula is C31H32BrClF5N3O3. The first-order valence-electron chi connectivity index (χ1n) is 14.3. The third-order valence-electron chi connectivity index (χ3n) is 7.55. The lowest BCUT2D eigenvalue weighted by molar-refractivity contribution is -0.158. The fourth-order valence-corrected chi connectivity index (χ4v) is 6.08. The highest BCUT2D eigenvalue weighted by atomic mass is 79.9. The van der Waals surface area contributed by atoms with Gasteiger partial charge in [0, 0.05) is 59.3 Å². The van der Waals surface area contributed by atoms with Gasteiger partial charge < -0.3 is 15.0 Å². The summed E-state index contributed by atoms with van der Waals surface area (Å²) in [5, 5.41) is 2.67. The molecule has 1 aliphatic heterocycles. The van der Waals surface area contributed by atoms with Crippen LogP contribution in [0.25, 0.3) is 10.9 Å². The Hall–Kier alpha value is -2.99. The number of piperidine rings is 1. The molecule has 0 spiro atoms. The molecule has 1 fully saturated rings. The first kappa shape index (κ1) is 33.9. The third-order valence-corrected chi connectivity index (χ3v) is 8.43. The minimum absolute atomic E-state index is 0.0159. The molecule has 1 aromatic heterocycles. The highest BCUT2D eigenvalue weighted by molar-refractivity contribution is 9.10. The zero-order chi connectivity index (χ0) is 32.2. The maximum absolute atomic E-state index is 15.0.